The van der Waals surface area contributed by atoms with Crippen molar-refractivity contribution in [1.82, 2.24) is 5.32 Å². The third-order valence-electron chi connectivity index (χ3n) is 2.63. The summed E-state index contributed by atoms with van der Waals surface area (Å²) in [4.78, 5) is 21.9. The van der Waals surface area contributed by atoms with Crippen molar-refractivity contribution in [2.45, 2.75) is 26.8 Å². The number of hydrogen-bond donors (Lipinski definition) is 2. The maximum atomic E-state index is 11.6. The van der Waals surface area contributed by atoms with E-state index in [1.807, 2.05) is 32.9 Å². The van der Waals surface area contributed by atoms with Gasteiger partial charge in [0.2, 0.25) is 5.91 Å². The van der Waals surface area contributed by atoms with E-state index in [0.717, 1.165) is 5.56 Å². The quantitative estimate of drug-likeness (QED) is 0.824. The van der Waals surface area contributed by atoms with Crippen LogP contribution in [0.15, 0.2) is 24.3 Å². The second kappa shape index (κ2) is 6.78. The van der Waals surface area contributed by atoms with E-state index in [9.17, 15) is 9.59 Å². The number of benzene rings is 1. The van der Waals surface area contributed by atoms with Crippen LogP contribution in [0.3, 0.4) is 0 Å². The fraction of sp³-hybridized carbons (Fsp3) is 0.429. The second-order valence-corrected chi connectivity index (χ2v) is 4.64. The topological polar surface area (TPSA) is 75.6 Å². The standard InChI is InChI=1S/C14H19NO4/c1-9(2)14(18)15-10(3)11-4-6-12(7-5-11)19-8-13(16)17/h4-7,9-10H,8H2,1-3H3,(H,15,18)(H,16,17). The van der Waals surface area contributed by atoms with E-state index in [4.69, 9.17) is 9.84 Å². The van der Waals surface area contributed by atoms with Crippen LogP contribution in [0.4, 0.5) is 0 Å². The van der Waals surface area contributed by atoms with Gasteiger partial charge in [0.1, 0.15) is 5.75 Å². The van der Waals surface area contributed by atoms with Gasteiger partial charge >= 0.3 is 5.97 Å². The Bertz CT molecular complexity index is 439. The number of hydrogen-bond acceptors (Lipinski definition) is 3. The van der Waals surface area contributed by atoms with Gasteiger partial charge in [-0.3, -0.25) is 4.79 Å². The van der Waals surface area contributed by atoms with Crippen LogP contribution in [0.1, 0.15) is 32.4 Å². The Morgan fingerprint density at radius 3 is 2.26 bits per heavy atom. The highest BCUT2D eigenvalue weighted by Crippen LogP contribution is 2.18. The number of carbonyl (C=O) groups excluding carboxylic acids is 1. The number of ether oxygens (including phenoxy) is 1. The fourth-order valence-electron chi connectivity index (χ4n) is 1.46. The van der Waals surface area contributed by atoms with Crippen molar-refractivity contribution in [2.75, 3.05) is 6.61 Å². The van der Waals surface area contributed by atoms with Gasteiger partial charge in [-0.05, 0) is 24.6 Å². The van der Waals surface area contributed by atoms with Gasteiger partial charge in [-0.25, -0.2) is 4.79 Å². The molecule has 0 bridgehead atoms. The molecule has 5 heteroatoms. The van der Waals surface area contributed by atoms with Crippen LogP contribution in [0.5, 0.6) is 5.75 Å². The van der Waals surface area contributed by atoms with E-state index in [2.05, 4.69) is 5.32 Å². The zero-order valence-electron chi connectivity index (χ0n) is 11.3. The van der Waals surface area contributed by atoms with Crippen LogP contribution >= 0.6 is 0 Å². The van der Waals surface area contributed by atoms with Crippen molar-refractivity contribution in [3.8, 4) is 5.75 Å². The van der Waals surface area contributed by atoms with Crippen LogP contribution in [0.25, 0.3) is 0 Å². The molecule has 5 nitrogen and oxygen atoms in total. The number of carbonyl (C=O) groups is 2. The van der Waals surface area contributed by atoms with Crippen molar-refractivity contribution >= 4 is 11.9 Å². The zero-order valence-corrected chi connectivity index (χ0v) is 11.3. The molecule has 1 unspecified atom stereocenters. The Hall–Kier alpha value is -2.04. The van der Waals surface area contributed by atoms with Gasteiger partial charge in [0.15, 0.2) is 6.61 Å². The molecule has 0 aliphatic rings. The van der Waals surface area contributed by atoms with E-state index in [1.165, 1.54) is 0 Å². The molecule has 1 rings (SSSR count). The van der Waals surface area contributed by atoms with Crippen molar-refractivity contribution in [1.29, 1.82) is 0 Å². The number of nitrogens with one attached hydrogen (secondary N) is 1. The summed E-state index contributed by atoms with van der Waals surface area (Å²) in [5, 5.41) is 11.4. The first-order chi connectivity index (χ1) is 8.90. The molecule has 0 aliphatic heterocycles. The van der Waals surface area contributed by atoms with Gasteiger partial charge in [-0.15, -0.1) is 0 Å². The molecule has 0 saturated carbocycles. The van der Waals surface area contributed by atoms with Crippen LogP contribution < -0.4 is 10.1 Å². The lowest BCUT2D eigenvalue weighted by atomic mass is 10.1. The molecule has 19 heavy (non-hydrogen) atoms. The fourth-order valence-corrected chi connectivity index (χ4v) is 1.46. The summed E-state index contributed by atoms with van der Waals surface area (Å²) < 4.78 is 5.03. The summed E-state index contributed by atoms with van der Waals surface area (Å²) in [6.07, 6.45) is 0. The van der Waals surface area contributed by atoms with Gasteiger partial charge in [0.25, 0.3) is 0 Å². The second-order valence-electron chi connectivity index (χ2n) is 4.64. The Morgan fingerprint density at radius 1 is 1.21 bits per heavy atom. The lowest BCUT2D eigenvalue weighted by Crippen LogP contribution is -2.30. The van der Waals surface area contributed by atoms with E-state index in [0.29, 0.717) is 5.75 Å². The minimum Gasteiger partial charge on any atom is -0.482 e. The molecule has 0 fully saturated rings. The van der Waals surface area contributed by atoms with Crippen LogP contribution in [-0.2, 0) is 9.59 Å². The van der Waals surface area contributed by atoms with E-state index >= 15 is 0 Å². The summed E-state index contributed by atoms with van der Waals surface area (Å²) in [6, 6.07) is 6.90. The molecule has 0 aliphatic carbocycles. The maximum absolute atomic E-state index is 11.6. The molecular weight excluding hydrogens is 246 g/mol. The molecule has 104 valence electrons. The lowest BCUT2D eigenvalue weighted by Gasteiger charge is -2.16. The SMILES string of the molecule is CC(C)C(=O)NC(C)c1ccc(OCC(=O)O)cc1. The number of amides is 1. The molecule has 0 heterocycles. The first kappa shape index (κ1) is 15.0. The van der Waals surface area contributed by atoms with Crippen LogP contribution in [0, 0.1) is 5.92 Å². The normalized spacial score (nSPS) is 12.0. The molecule has 0 aromatic heterocycles. The summed E-state index contributed by atoms with van der Waals surface area (Å²) in [6.45, 7) is 5.21. The monoisotopic (exact) mass is 265 g/mol. The van der Waals surface area contributed by atoms with Crippen molar-refractivity contribution in [3.05, 3.63) is 29.8 Å². The predicted molar refractivity (Wildman–Crippen MR) is 71.0 cm³/mol. The average Bonchev–Trinajstić information content (AvgIpc) is 2.36. The van der Waals surface area contributed by atoms with Crippen molar-refractivity contribution < 1.29 is 19.4 Å². The number of carboxylic acid groups (broad SMARTS) is 1. The van der Waals surface area contributed by atoms with E-state index < -0.39 is 5.97 Å². The largest absolute Gasteiger partial charge is 0.482 e. The highest BCUT2D eigenvalue weighted by molar-refractivity contribution is 5.78. The Morgan fingerprint density at radius 2 is 1.79 bits per heavy atom. The third-order valence-corrected chi connectivity index (χ3v) is 2.63. The third kappa shape index (κ3) is 4.99. The van der Waals surface area contributed by atoms with Gasteiger partial charge in [-0.1, -0.05) is 26.0 Å². The minimum absolute atomic E-state index is 0.00120. The van der Waals surface area contributed by atoms with Crippen molar-refractivity contribution in [2.24, 2.45) is 5.92 Å². The lowest BCUT2D eigenvalue weighted by molar-refractivity contribution is -0.139. The van der Waals surface area contributed by atoms with E-state index in [-0.39, 0.29) is 24.5 Å². The molecular formula is C14H19NO4. The van der Waals surface area contributed by atoms with Crippen molar-refractivity contribution in [3.63, 3.8) is 0 Å². The van der Waals surface area contributed by atoms with E-state index in [1.54, 1.807) is 12.1 Å². The number of rotatable bonds is 6. The zero-order chi connectivity index (χ0) is 14.4. The Labute approximate surface area is 112 Å². The first-order valence-corrected chi connectivity index (χ1v) is 6.15. The summed E-state index contributed by atoms with van der Waals surface area (Å²) in [5.41, 5.74) is 0.941. The number of aliphatic carboxylic acids is 1. The van der Waals surface area contributed by atoms with Gasteiger partial charge in [-0.2, -0.15) is 0 Å². The van der Waals surface area contributed by atoms with Crippen LogP contribution in [-0.4, -0.2) is 23.6 Å². The van der Waals surface area contributed by atoms with Crippen LogP contribution in [0.2, 0.25) is 0 Å². The molecule has 1 aromatic rings. The molecule has 2 N–H and O–H groups in total. The Kier molecular flexibility index (Phi) is 5.36. The molecule has 0 saturated heterocycles. The van der Waals surface area contributed by atoms with Gasteiger partial charge < -0.3 is 15.2 Å². The maximum Gasteiger partial charge on any atom is 0.341 e. The highest BCUT2D eigenvalue weighted by atomic mass is 16.5. The van der Waals surface area contributed by atoms with Gasteiger partial charge in [0, 0.05) is 5.92 Å². The average molecular weight is 265 g/mol. The van der Waals surface area contributed by atoms with Gasteiger partial charge in [0.05, 0.1) is 6.04 Å². The Balaban J connectivity index is 2.60. The molecule has 1 aromatic carbocycles. The smallest absolute Gasteiger partial charge is 0.341 e. The molecule has 1 amide bonds. The predicted octanol–water partition coefficient (Wildman–Crippen LogP) is 1.98. The molecule has 1 atom stereocenters. The summed E-state index contributed by atoms with van der Waals surface area (Å²) in [5.74, 6) is -0.575. The molecule has 0 radical (unpaired) electrons. The highest BCUT2D eigenvalue weighted by Gasteiger charge is 2.12. The first-order valence-electron chi connectivity index (χ1n) is 6.15. The number of carboxylic acids is 1. The summed E-state index contributed by atoms with van der Waals surface area (Å²) >= 11 is 0. The molecule has 0 spiro atoms. The summed E-state index contributed by atoms with van der Waals surface area (Å²) in [7, 11) is 0. The minimum atomic E-state index is -1.01.